The molecule has 0 saturated heterocycles. The second-order valence-corrected chi connectivity index (χ2v) is 1.51. The lowest BCUT2D eigenvalue weighted by atomic mass is 10.3. The molecule has 0 amide bonds. The third-order valence-electron chi connectivity index (χ3n) is 0.895. The number of carboxylic acid groups (broad SMARTS) is 1. The van der Waals surface area contributed by atoms with Crippen molar-refractivity contribution in [3.8, 4) is 0 Å². The number of aliphatic carboxylic acids is 1. The molecule has 1 rings (SSSR count). The molecule has 1 atom stereocenters. The molecule has 1 heterocycles. The zero-order chi connectivity index (χ0) is 5.44. The van der Waals surface area contributed by atoms with Gasteiger partial charge in [0.05, 0.1) is 0 Å². The van der Waals surface area contributed by atoms with E-state index in [2.05, 4.69) is 4.99 Å². The molecular weight excluding hydrogens is 94.0 g/mol. The fourth-order valence-electron chi connectivity index (χ4n) is 0.400. The molecule has 3 nitrogen and oxygen atoms in total. The number of rotatable bonds is 1. The van der Waals surface area contributed by atoms with Gasteiger partial charge in [0.2, 0.25) is 0 Å². The molecule has 0 aromatic heterocycles. The highest BCUT2D eigenvalue weighted by atomic mass is 16.4. The summed E-state index contributed by atoms with van der Waals surface area (Å²) in [6.45, 7) is 1.71. The van der Waals surface area contributed by atoms with E-state index >= 15 is 0 Å². The predicted octanol–water partition coefficient (Wildman–Crippen LogP) is -0.0859. The van der Waals surface area contributed by atoms with E-state index in [9.17, 15) is 4.79 Å². The first-order valence-corrected chi connectivity index (χ1v) is 1.99. The maximum absolute atomic E-state index is 9.86. The molecule has 0 aromatic carbocycles. The quantitative estimate of drug-likeness (QED) is 0.499. The van der Waals surface area contributed by atoms with Crippen molar-refractivity contribution in [3.05, 3.63) is 0 Å². The number of carbonyl (C=O) groups is 1. The normalized spacial score (nSPS) is 26.4. The topological polar surface area (TPSA) is 49.7 Å². The third-order valence-corrected chi connectivity index (χ3v) is 0.895. The van der Waals surface area contributed by atoms with Gasteiger partial charge in [-0.25, -0.2) is 4.79 Å². The third kappa shape index (κ3) is 0.607. The Balaban J connectivity index is 2.39. The van der Waals surface area contributed by atoms with Crippen molar-refractivity contribution in [3.63, 3.8) is 0 Å². The molecule has 7 heavy (non-hydrogen) atoms. The molecule has 1 aliphatic heterocycles. The van der Waals surface area contributed by atoms with Crippen molar-refractivity contribution < 1.29 is 9.90 Å². The van der Waals surface area contributed by atoms with Gasteiger partial charge in [0.25, 0.3) is 0 Å². The molecular formula is C4H5NO2. The first-order chi connectivity index (χ1) is 3.22. The van der Waals surface area contributed by atoms with Crippen LogP contribution >= 0.6 is 0 Å². The van der Waals surface area contributed by atoms with Gasteiger partial charge >= 0.3 is 5.97 Å². The summed E-state index contributed by atoms with van der Waals surface area (Å²) in [5, 5.41) is 8.11. The average Bonchev–Trinajstić information content (AvgIpc) is 2.17. The largest absolute Gasteiger partial charge is 0.479 e. The predicted molar refractivity (Wildman–Crippen MR) is 24.5 cm³/mol. The van der Waals surface area contributed by atoms with Gasteiger partial charge in [-0.15, -0.1) is 0 Å². The summed E-state index contributed by atoms with van der Waals surface area (Å²) in [5.41, 5.74) is 0.729. The minimum atomic E-state index is -0.836. The lowest BCUT2D eigenvalue weighted by Gasteiger charge is -1.77. The number of hydrogen-bond acceptors (Lipinski definition) is 2. The maximum atomic E-state index is 9.86. The van der Waals surface area contributed by atoms with Gasteiger partial charge in [-0.05, 0) is 6.92 Å². The molecule has 0 spiro atoms. The summed E-state index contributed by atoms with van der Waals surface area (Å²) in [6, 6.07) is -0.472. The van der Waals surface area contributed by atoms with Gasteiger partial charge in [-0.2, -0.15) is 0 Å². The molecule has 0 radical (unpaired) electrons. The molecule has 3 heteroatoms. The molecule has 38 valence electrons. The van der Waals surface area contributed by atoms with Gasteiger partial charge in [0.1, 0.15) is 0 Å². The fourth-order valence-corrected chi connectivity index (χ4v) is 0.400. The van der Waals surface area contributed by atoms with Crippen LogP contribution in [0.15, 0.2) is 4.99 Å². The SMILES string of the molecule is CC1=NC1C(=O)O. The summed E-state index contributed by atoms with van der Waals surface area (Å²) < 4.78 is 0. The first-order valence-electron chi connectivity index (χ1n) is 1.99. The van der Waals surface area contributed by atoms with Crippen molar-refractivity contribution in [1.29, 1.82) is 0 Å². The highest BCUT2D eigenvalue weighted by Crippen LogP contribution is 2.09. The molecule has 1 aliphatic rings. The first kappa shape index (κ1) is 4.30. The van der Waals surface area contributed by atoms with Gasteiger partial charge in [0, 0.05) is 5.71 Å². The number of hydrogen-bond donors (Lipinski definition) is 1. The highest BCUT2D eigenvalue weighted by molar-refractivity contribution is 6.14. The van der Waals surface area contributed by atoms with Crippen LogP contribution in [0.5, 0.6) is 0 Å². The molecule has 0 saturated carbocycles. The molecule has 1 unspecified atom stereocenters. The Labute approximate surface area is 40.7 Å². The zero-order valence-electron chi connectivity index (χ0n) is 3.88. The van der Waals surface area contributed by atoms with Gasteiger partial charge < -0.3 is 5.11 Å². The smallest absolute Gasteiger partial charge is 0.334 e. The van der Waals surface area contributed by atoms with E-state index in [0.29, 0.717) is 0 Å². The van der Waals surface area contributed by atoms with Gasteiger partial charge in [0.15, 0.2) is 6.04 Å². The molecule has 0 aromatic rings. The summed E-state index contributed by atoms with van der Waals surface area (Å²) in [5.74, 6) is -0.836. The van der Waals surface area contributed by atoms with Crippen molar-refractivity contribution >= 4 is 11.7 Å². The lowest BCUT2D eigenvalue weighted by molar-refractivity contribution is -0.135. The van der Waals surface area contributed by atoms with Crippen LogP contribution in [0.4, 0.5) is 0 Å². The van der Waals surface area contributed by atoms with E-state index in [-0.39, 0.29) is 0 Å². The minimum Gasteiger partial charge on any atom is -0.479 e. The maximum Gasteiger partial charge on any atom is 0.334 e. The van der Waals surface area contributed by atoms with Crippen molar-refractivity contribution in [1.82, 2.24) is 0 Å². The molecule has 1 N–H and O–H groups in total. The van der Waals surface area contributed by atoms with Crippen LogP contribution in [0.1, 0.15) is 6.92 Å². The Morgan fingerprint density at radius 3 is 2.43 bits per heavy atom. The van der Waals surface area contributed by atoms with Crippen LogP contribution in [0.25, 0.3) is 0 Å². The van der Waals surface area contributed by atoms with E-state index in [1.54, 1.807) is 6.92 Å². The summed E-state index contributed by atoms with van der Waals surface area (Å²) in [7, 11) is 0. The summed E-state index contributed by atoms with van der Waals surface area (Å²) in [6.07, 6.45) is 0. The summed E-state index contributed by atoms with van der Waals surface area (Å²) in [4.78, 5) is 13.4. The molecule has 0 bridgehead atoms. The van der Waals surface area contributed by atoms with Crippen molar-refractivity contribution in [2.45, 2.75) is 13.0 Å². The van der Waals surface area contributed by atoms with Gasteiger partial charge in [-0.3, -0.25) is 4.99 Å². The number of carboxylic acids is 1. The second-order valence-electron chi connectivity index (χ2n) is 1.51. The highest BCUT2D eigenvalue weighted by Gasteiger charge is 2.30. The van der Waals surface area contributed by atoms with Crippen molar-refractivity contribution in [2.24, 2.45) is 4.99 Å². The van der Waals surface area contributed by atoms with E-state index in [1.165, 1.54) is 0 Å². The van der Waals surface area contributed by atoms with Crippen LogP contribution in [-0.4, -0.2) is 22.8 Å². The summed E-state index contributed by atoms with van der Waals surface area (Å²) >= 11 is 0. The minimum absolute atomic E-state index is 0.472. The standard InChI is InChI=1S/C4H5NO2/c1-2-3(5-2)4(6)7/h3H,1H3,(H,6,7). The van der Waals surface area contributed by atoms with E-state index in [0.717, 1.165) is 5.71 Å². The second kappa shape index (κ2) is 1.05. The Kier molecular flexibility index (Phi) is 0.648. The Hall–Kier alpha value is -0.860. The molecule has 0 fully saturated rings. The molecule has 0 aliphatic carbocycles. The van der Waals surface area contributed by atoms with Crippen LogP contribution in [-0.2, 0) is 4.79 Å². The van der Waals surface area contributed by atoms with Crippen LogP contribution in [0.2, 0.25) is 0 Å². The Bertz CT molecular complexity index is 139. The monoisotopic (exact) mass is 99.0 g/mol. The fraction of sp³-hybridized carbons (Fsp3) is 0.500. The van der Waals surface area contributed by atoms with E-state index < -0.39 is 12.0 Å². The Morgan fingerprint density at radius 1 is 2.00 bits per heavy atom. The van der Waals surface area contributed by atoms with E-state index in [4.69, 9.17) is 5.11 Å². The van der Waals surface area contributed by atoms with Crippen molar-refractivity contribution in [2.75, 3.05) is 0 Å². The lowest BCUT2D eigenvalue weighted by Crippen LogP contribution is -2.08. The van der Waals surface area contributed by atoms with Crippen LogP contribution in [0, 0.1) is 0 Å². The average molecular weight is 99.1 g/mol. The van der Waals surface area contributed by atoms with Gasteiger partial charge in [-0.1, -0.05) is 0 Å². The number of aliphatic imine (C=N–C) groups is 1. The van der Waals surface area contributed by atoms with Crippen LogP contribution in [0.3, 0.4) is 0 Å². The Morgan fingerprint density at radius 2 is 2.43 bits per heavy atom. The van der Waals surface area contributed by atoms with E-state index in [1.807, 2.05) is 0 Å². The zero-order valence-corrected chi connectivity index (χ0v) is 3.88. The van der Waals surface area contributed by atoms with Crippen LogP contribution < -0.4 is 0 Å². The number of nitrogens with zero attached hydrogens (tertiary/aromatic N) is 1.